The molecule has 0 bridgehead atoms. The Morgan fingerprint density at radius 1 is 1.14 bits per heavy atom. The Bertz CT molecular complexity index is 1250. The molecule has 0 saturated carbocycles. The predicted octanol–water partition coefficient (Wildman–Crippen LogP) is 3.61. The lowest BCUT2D eigenvalue weighted by Crippen LogP contribution is -2.49. The summed E-state index contributed by atoms with van der Waals surface area (Å²) in [7, 11) is -3.73. The molecule has 2 saturated heterocycles. The number of aryl methyl sites for hydroxylation is 2. The summed E-state index contributed by atoms with van der Waals surface area (Å²) in [6, 6.07) is 6.50. The van der Waals surface area contributed by atoms with Crippen LogP contribution in [0.5, 0.6) is 0 Å². The number of cyclic esters (lactones) is 1. The summed E-state index contributed by atoms with van der Waals surface area (Å²) in [5.74, 6) is 0.572. The SMILES string of the molecule is CCC[C@@H]1COC(=O)N1c1ccc(C(=O)N2CCN(c3ncc(C)cc3C)CC2)c(S(C)(=O)=O)c1.Cl. The molecular weight excluding hydrogens is 504 g/mol. The van der Waals surface area contributed by atoms with Crippen molar-refractivity contribution in [2.45, 2.75) is 44.6 Å². The maximum atomic E-state index is 13.4. The van der Waals surface area contributed by atoms with Crippen LogP contribution in [0.4, 0.5) is 16.3 Å². The number of sulfone groups is 1. The zero-order valence-corrected chi connectivity index (χ0v) is 22.7. The Morgan fingerprint density at radius 2 is 1.83 bits per heavy atom. The Hall–Kier alpha value is -2.85. The summed E-state index contributed by atoms with van der Waals surface area (Å²) in [6.45, 7) is 8.42. The smallest absolute Gasteiger partial charge is 0.414 e. The summed E-state index contributed by atoms with van der Waals surface area (Å²) in [4.78, 5) is 35.5. The van der Waals surface area contributed by atoms with E-state index in [1.54, 1.807) is 11.0 Å². The highest BCUT2D eigenvalue weighted by Gasteiger charge is 2.35. The molecule has 9 nitrogen and oxygen atoms in total. The third-order valence-corrected chi connectivity index (χ3v) is 7.65. The van der Waals surface area contributed by atoms with Crippen LogP contribution in [0.15, 0.2) is 35.4 Å². The summed E-state index contributed by atoms with van der Waals surface area (Å²) < 4.78 is 30.6. The van der Waals surface area contributed by atoms with Crippen LogP contribution in [0.3, 0.4) is 0 Å². The van der Waals surface area contributed by atoms with E-state index in [1.165, 1.54) is 17.0 Å². The average Bonchev–Trinajstić information content (AvgIpc) is 3.18. The maximum absolute atomic E-state index is 13.4. The van der Waals surface area contributed by atoms with Gasteiger partial charge in [0, 0.05) is 44.3 Å². The summed E-state index contributed by atoms with van der Waals surface area (Å²) >= 11 is 0. The lowest BCUT2D eigenvalue weighted by atomic mass is 10.1. The quantitative estimate of drug-likeness (QED) is 0.556. The maximum Gasteiger partial charge on any atom is 0.414 e. The highest BCUT2D eigenvalue weighted by atomic mass is 35.5. The lowest BCUT2D eigenvalue weighted by Gasteiger charge is -2.36. The van der Waals surface area contributed by atoms with E-state index in [9.17, 15) is 18.0 Å². The molecule has 1 atom stereocenters. The first-order valence-corrected chi connectivity index (χ1v) is 13.8. The number of carbonyl (C=O) groups is 2. The van der Waals surface area contributed by atoms with Crippen LogP contribution in [-0.2, 0) is 14.6 Å². The topological polar surface area (TPSA) is 100 Å². The number of carbonyl (C=O) groups excluding carboxylic acids is 2. The third-order valence-electron chi connectivity index (χ3n) is 6.51. The first kappa shape index (κ1) is 27.7. The number of aromatic nitrogens is 1. The number of hydrogen-bond donors (Lipinski definition) is 0. The van der Waals surface area contributed by atoms with Crippen LogP contribution in [-0.4, -0.2) is 75.4 Å². The lowest BCUT2D eigenvalue weighted by molar-refractivity contribution is 0.0742. The molecule has 2 aliphatic rings. The Morgan fingerprint density at radius 3 is 2.44 bits per heavy atom. The van der Waals surface area contributed by atoms with Gasteiger partial charge >= 0.3 is 6.09 Å². The highest BCUT2D eigenvalue weighted by molar-refractivity contribution is 7.90. The standard InChI is InChI=1S/C25H32N4O5S.ClH/c1-5-6-20-16-34-25(31)29(20)19-7-8-21(22(14-19)35(4,32)33)24(30)28-11-9-27(10-12-28)23-18(3)13-17(2)15-26-23;/h7-8,13-15,20H,5-6,9-12,16H2,1-4H3;1H/t20-;/m1./s1. The molecule has 0 spiro atoms. The fourth-order valence-corrected chi connectivity index (χ4v) is 5.69. The highest BCUT2D eigenvalue weighted by Crippen LogP contribution is 2.30. The Kier molecular flexibility index (Phi) is 8.51. The number of piperazine rings is 1. The molecule has 36 heavy (non-hydrogen) atoms. The molecular formula is C25H33ClN4O5S. The molecule has 0 N–H and O–H groups in total. The number of hydrogen-bond acceptors (Lipinski definition) is 7. The summed E-state index contributed by atoms with van der Waals surface area (Å²) in [5, 5.41) is 0. The monoisotopic (exact) mass is 536 g/mol. The van der Waals surface area contributed by atoms with E-state index in [0.29, 0.717) is 31.9 Å². The van der Waals surface area contributed by atoms with Gasteiger partial charge in [-0.1, -0.05) is 19.4 Å². The molecule has 2 amide bonds. The second-order valence-electron chi connectivity index (χ2n) is 9.27. The van der Waals surface area contributed by atoms with Gasteiger partial charge in [-0.3, -0.25) is 9.69 Å². The number of amides is 2. The molecule has 2 aliphatic heterocycles. The minimum absolute atomic E-state index is 0. The third kappa shape index (κ3) is 5.59. The van der Waals surface area contributed by atoms with Crippen molar-refractivity contribution in [2.24, 2.45) is 0 Å². The van der Waals surface area contributed by atoms with Gasteiger partial charge in [0.05, 0.1) is 16.5 Å². The molecule has 11 heteroatoms. The molecule has 0 aliphatic carbocycles. The number of nitrogens with zero attached hydrogens (tertiary/aromatic N) is 4. The van der Waals surface area contributed by atoms with Crippen LogP contribution in [0.1, 0.15) is 41.3 Å². The van der Waals surface area contributed by atoms with Crippen LogP contribution in [0.2, 0.25) is 0 Å². The van der Waals surface area contributed by atoms with Crippen molar-refractivity contribution in [3.63, 3.8) is 0 Å². The van der Waals surface area contributed by atoms with E-state index in [4.69, 9.17) is 4.74 Å². The first-order chi connectivity index (χ1) is 16.6. The molecule has 1 aromatic heterocycles. The Labute approximate surface area is 218 Å². The van der Waals surface area contributed by atoms with Gasteiger partial charge in [-0.25, -0.2) is 18.2 Å². The number of rotatable bonds is 6. The van der Waals surface area contributed by atoms with E-state index < -0.39 is 15.9 Å². The molecule has 1 aromatic carbocycles. The first-order valence-electron chi connectivity index (χ1n) is 11.9. The zero-order valence-electron chi connectivity index (χ0n) is 21.1. The number of benzene rings is 1. The zero-order chi connectivity index (χ0) is 25.3. The van der Waals surface area contributed by atoms with Gasteiger partial charge in [0.1, 0.15) is 12.4 Å². The largest absolute Gasteiger partial charge is 0.447 e. The summed E-state index contributed by atoms with van der Waals surface area (Å²) in [6.07, 6.45) is 4.01. The van der Waals surface area contributed by atoms with Gasteiger partial charge in [-0.15, -0.1) is 12.4 Å². The molecule has 4 rings (SSSR count). The van der Waals surface area contributed by atoms with Gasteiger partial charge in [-0.2, -0.15) is 0 Å². The van der Waals surface area contributed by atoms with Gasteiger partial charge in [-0.05, 0) is 49.6 Å². The number of halogens is 1. The predicted molar refractivity (Wildman–Crippen MR) is 141 cm³/mol. The van der Waals surface area contributed by atoms with E-state index in [2.05, 4.69) is 16.0 Å². The van der Waals surface area contributed by atoms with Crippen molar-refractivity contribution in [2.75, 3.05) is 48.8 Å². The van der Waals surface area contributed by atoms with E-state index in [0.717, 1.165) is 36.0 Å². The van der Waals surface area contributed by atoms with Crippen molar-refractivity contribution in [3.8, 4) is 0 Å². The minimum atomic E-state index is -3.73. The number of anilines is 2. The molecule has 196 valence electrons. The van der Waals surface area contributed by atoms with Crippen molar-refractivity contribution in [1.29, 1.82) is 0 Å². The van der Waals surface area contributed by atoms with Crippen LogP contribution in [0.25, 0.3) is 0 Å². The molecule has 0 radical (unpaired) electrons. The van der Waals surface area contributed by atoms with Crippen LogP contribution >= 0.6 is 12.4 Å². The fourth-order valence-electron chi connectivity index (χ4n) is 4.80. The van der Waals surface area contributed by atoms with Crippen molar-refractivity contribution in [3.05, 3.63) is 47.2 Å². The molecule has 2 aromatic rings. The van der Waals surface area contributed by atoms with Crippen molar-refractivity contribution >= 4 is 45.7 Å². The molecule has 3 heterocycles. The molecule has 0 unspecified atom stereocenters. The van der Waals surface area contributed by atoms with Gasteiger partial charge < -0.3 is 14.5 Å². The Balaban J connectivity index is 0.00000361. The second-order valence-corrected chi connectivity index (χ2v) is 11.3. The van der Waals surface area contributed by atoms with Crippen LogP contribution in [0, 0.1) is 13.8 Å². The fraction of sp³-hybridized carbons (Fsp3) is 0.480. The van der Waals surface area contributed by atoms with Crippen molar-refractivity contribution in [1.82, 2.24) is 9.88 Å². The number of pyridine rings is 1. The van der Waals surface area contributed by atoms with Gasteiger partial charge in [0.2, 0.25) is 0 Å². The average molecular weight is 537 g/mol. The normalized spacial score (nSPS) is 18.2. The second kappa shape index (κ2) is 11.0. The van der Waals surface area contributed by atoms with E-state index >= 15 is 0 Å². The summed E-state index contributed by atoms with van der Waals surface area (Å²) in [5.41, 5.74) is 2.73. The van der Waals surface area contributed by atoms with Crippen LogP contribution < -0.4 is 9.80 Å². The van der Waals surface area contributed by atoms with E-state index in [-0.39, 0.29) is 41.4 Å². The van der Waals surface area contributed by atoms with Gasteiger partial charge in [0.15, 0.2) is 9.84 Å². The van der Waals surface area contributed by atoms with Gasteiger partial charge in [0.25, 0.3) is 5.91 Å². The van der Waals surface area contributed by atoms with Crippen molar-refractivity contribution < 1.29 is 22.7 Å². The minimum Gasteiger partial charge on any atom is -0.447 e. The number of ether oxygens (including phenoxy) is 1. The molecule has 2 fully saturated rings. The van der Waals surface area contributed by atoms with E-state index in [1.807, 2.05) is 27.0 Å².